The third kappa shape index (κ3) is 6.08. The molecule has 2 aromatic rings. The van der Waals surface area contributed by atoms with Crippen LogP contribution in [0.5, 0.6) is 0 Å². The van der Waals surface area contributed by atoms with Crippen LogP contribution in [-0.4, -0.2) is 54.0 Å². The van der Waals surface area contributed by atoms with Crippen molar-refractivity contribution in [2.24, 2.45) is 5.92 Å². The molecule has 2 fully saturated rings. The molecule has 182 valence electrons. The first-order valence-electron chi connectivity index (χ1n) is 11.7. The van der Waals surface area contributed by atoms with Gasteiger partial charge in [0.2, 0.25) is 0 Å². The molecule has 1 atom stereocenters. The number of carbonyl (C=O) groups excluding carboxylic acids is 2. The number of nitrogens with one attached hydrogen (secondary N) is 3. The first-order valence-corrected chi connectivity index (χ1v) is 12.1. The molecule has 3 N–H and O–H groups in total. The highest BCUT2D eigenvalue weighted by Gasteiger charge is 2.29. The largest absolute Gasteiger partial charge is 0.444 e. The number of aromatic amines is 1. The Bertz CT molecular complexity index is 1080. The topological polar surface area (TPSA) is 116 Å². The van der Waals surface area contributed by atoms with E-state index in [2.05, 4.69) is 20.8 Å². The zero-order valence-corrected chi connectivity index (χ0v) is 19.9. The van der Waals surface area contributed by atoms with E-state index in [1.165, 1.54) is 6.20 Å². The molecule has 0 bridgehead atoms. The molecule has 0 spiro atoms. The van der Waals surface area contributed by atoms with Crippen molar-refractivity contribution >= 4 is 29.3 Å². The minimum Gasteiger partial charge on any atom is -0.444 e. The SMILES string of the molecule is Cc1cccc(C(=O)NCC2CCC(NC(=O)O[C@@H]3CCN(c4cn[nH]c(=O)c4Cl)C3)CC2)c1. The maximum Gasteiger partial charge on any atom is 0.407 e. The molecule has 0 radical (unpaired) electrons. The number of halogens is 1. The molecule has 9 nitrogen and oxygen atoms in total. The Morgan fingerprint density at radius 2 is 2.03 bits per heavy atom. The quantitative estimate of drug-likeness (QED) is 0.576. The van der Waals surface area contributed by atoms with E-state index in [0.29, 0.717) is 43.2 Å². The standard InChI is InChI=1S/C24H30ClN5O4/c1-15-3-2-4-17(11-15)22(31)26-12-16-5-7-18(8-6-16)28-24(33)34-19-9-10-30(14-19)20-13-27-29-23(32)21(20)25/h2-4,11,13,16,18-19H,5-10,12,14H2,1H3,(H,26,31)(H,28,33)(H,29,32)/t16?,18?,19-/m1/s1. The Morgan fingerprint density at radius 3 is 2.79 bits per heavy atom. The fourth-order valence-electron chi connectivity index (χ4n) is 4.63. The summed E-state index contributed by atoms with van der Waals surface area (Å²) in [6.45, 7) is 3.70. The molecule has 2 aliphatic rings. The summed E-state index contributed by atoms with van der Waals surface area (Å²) in [5.41, 5.74) is 1.85. The number of amides is 2. The fraction of sp³-hybridized carbons (Fsp3) is 0.500. The van der Waals surface area contributed by atoms with Gasteiger partial charge in [0.25, 0.3) is 11.5 Å². The number of carbonyl (C=O) groups is 2. The Hall–Kier alpha value is -3.07. The number of rotatable bonds is 6. The third-order valence-electron chi connectivity index (χ3n) is 6.54. The smallest absolute Gasteiger partial charge is 0.407 e. The van der Waals surface area contributed by atoms with E-state index in [0.717, 1.165) is 31.2 Å². The lowest BCUT2D eigenvalue weighted by molar-refractivity contribution is 0.0940. The number of anilines is 1. The van der Waals surface area contributed by atoms with Gasteiger partial charge in [-0.15, -0.1) is 0 Å². The minimum absolute atomic E-state index is 0.0460. The molecule has 1 saturated heterocycles. The molecular weight excluding hydrogens is 458 g/mol. The summed E-state index contributed by atoms with van der Waals surface area (Å²) < 4.78 is 5.60. The van der Waals surface area contributed by atoms with Gasteiger partial charge in [0.05, 0.1) is 18.4 Å². The van der Waals surface area contributed by atoms with Gasteiger partial charge in [-0.25, -0.2) is 9.89 Å². The second-order valence-electron chi connectivity index (χ2n) is 9.10. The summed E-state index contributed by atoms with van der Waals surface area (Å²) >= 11 is 6.08. The van der Waals surface area contributed by atoms with Crippen LogP contribution in [0.25, 0.3) is 0 Å². The summed E-state index contributed by atoms with van der Waals surface area (Å²) in [5, 5.41) is 12.2. The highest BCUT2D eigenvalue weighted by molar-refractivity contribution is 6.33. The van der Waals surface area contributed by atoms with E-state index in [9.17, 15) is 14.4 Å². The Morgan fingerprint density at radius 1 is 1.24 bits per heavy atom. The highest BCUT2D eigenvalue weighted by atomic mass is 35.5. The van der Waals surface area contributed by atoms with Crippen LogP contribution in [0, 0.1) is 12.8 Å². The van der Waals surface area contributed by atoms with Gasteiger partial charge in [-0.1, -0.05) is 29.3 Å². The molecule has 4 rings (SSSR count). The van der Waals surface area contributed by atoms with Crippen molar-refractivity contribution < 1.29 is 14.3 Å². The van der Waals surface area contributed by atoms with Crippen molar-refractivity contribution in [1.29, 1.82) is 0 Å². The third-order valence-corrected chi connectivity index (χ3v) is 6.90. The van der Waals surface area contributed by atoms with Crippen LogP contribution in [0.4, 0.5) is 10.5 Å². The molecule has 1 aromatic heterocycles. The van der Waals surface area contributed by atoms with Gasteiger partial charge in [-0.05, 0) is 50.7 Å². The highest BCUT2D eigenvalue weighted by Crippen LogP contribution is 2.27. The second kappa shape index (κ2) is 10.9. The van der Waals surface area contributed by atoms with E-state index in [4.69, 9.17) is 16.3 Å². The van der Waals surface area contributed by atoms with Crippen molar-refractivity contribution in [3.8, 4) is 0 Å². The molecule has 2 amide bonds. The number of H-pyrrole nitrogens is 1. The van der Waals surface area contributed by atoms with Gasteiger partial charge in [-0.3, -0.25) is 9.59 Å². The van der Waals surface area contributed by atoms with Crippen LogP contribution in [0.2, 0.25) is 5.02 Å². The molecule has 1 saturated carbocycles. The molecule has 1 aliphatic carbocycles. The minimum atomic E-state index is -0.438. The van der Waals surface area contributed by atoms with Crippen molar-refractivity contribution in [2.75, 3.05) is 24.5 Å². The number of alkyl carbamates (subject to hydrolysis) is 1. The van der Waals surface area contributed by atoms with Gasteiger partial charge in [-0.2, -0.15) is 5.10 Å². The Kier molecular flexibility index (Phi) is 7.72. The first kappa shape index (κ1) is 24.1. The summed E-state index contributed by atoms with van der Waals surface area (Å²) in [6.07, 6.45) is 5.05. The lowest BCUT2D eigenvalue weighted by Gasteiger charge is -2.29. The second-order valence-corrected chi connectivity index (χ2v) is 9.48. The zero-order chi connectivity index (χ0) is 24.1. The predicted octanol–water partition coefficient (Wildman–Crippen LogP) is 3.03. The first-order chi connectivity index (χ1) is 16.4. The average molecular weight is 488 g/mol. The van der Waals surface area contributed by atoms with Crippen LogP contribution >= 0.6 is 11.6 Å². The van der Waals surface area contributed by atoms with Crippen molar-refractivity contribution in [3.05, 3.63) is 57.0 Å². The Balaban J connectivity index is 1.16. The zero-order valence-electron chi connectivity index (χ0n) is 19.2. The number of ether oxygens (including phenoxy) is 1. The number of aromatic nitrogens is 2. The maximum atomic E-state index is 12.4. The molecular formula is C24H30ClN5O4. The van der Waals surface area contributed by atoms with Crippen LogP contribution in [0.3, 0.4) is 0 Å². The summed E-state index contributed by atoms with van der Waals surface area (Å²) in [7, 11) is 0. The number of benzene rings is 1. The van der Waals surface area contributed by atoms with E-state index in [1.807, 2.05) is 36.1 Å². The van der Waals surface area contributed by atoms with Crippen molar-refractivity contribution in [3.63, 3.8) is 0 Å². The molecule has 2 heterocycles. The molecule has 1 aromatic carbocycles. The van der Waals surface area contributed by atoms with E-state index in [1.54, 1.807) is 0 Å². The number of aryl methyl sites for hydroxylation is 1. The van der Waals surface area contributed by atoms with Gasteiger partial charge in [0, 0.05) is 31.1 Å². The molecule has 10 heteroatoms. The van der Waals surface area contributed by atoms with Gasteiger partial charge < -0.3 is 20.3 Å². The number of hydrogen-bond acceptors (Lipinski definition) is 6. The Labute approximate surface area is 203 Å². The monoisotopic (exact) mass is 487 g/mol. The van der Waals surface area contributed by atoms with Gasteiger partial charge >= 0.3 is 6.09 Å². The average Bonchev–Trinajstić information content (AvgIpc) is 3.28. The number of hydrogen-bond donors (Lipinski definition) is 3. The maximum absolute atomic E-state index is 12.4. The lowest BCUT2D eigenvalue weighted by Crippen LogP contribution is -2.41. The van der Waals surface area contributed by atoms with E-state index < -0.39 is 11.7 Å². The molecule has 1 aliphatic heterocycles. The van der Waals surface area contributed by atoms with Crippen molar-refractivity contribution in [2.45, 2.75) is 51.2 Å². The van der Waals surface area contributed by atoms with Crippen LogP contribution in [-0.2, 0) is 4.74 Å². The molecule has 0 unspecified atom stereocenters. The predicted molar refractivity (Wildman–Crippen MR) is 129 cm³/mol. The number of nitrogens with zero attached hydrogens (tertiary/aromatic N) is 2. The van der Waals surface area contributed by atoms with Crippen molar-refractivity contribution in [1.82, 2.24) is 20.8 Å². The van der Waals surface area contributed by atoms with E-state index >= 15 is 0 Å². The van der Waals surface area contributed by atoms with Crippen LogP contribution in [0.15, 0.2) is 35.3 Å². The molecule has 34 heavy (non-hydrogen) atoms. The fourth-order valence-corrected chi connectivity index (χ4v) is 4.84. The van der Waals surface area contributed by atoms with Gasteiger partial charge in [0.15, 0.2) is 0 Å². The van der Waals surface area contributed by atoms with Gasteiger partial charge in [0.1, 0.15) is 11.1 Å². The van der Waals surface area contributed by atoms with Crippen LogP contribution in [0.1, 0.15) is 48.0 Å². The van der Waals surface area contributed by atoms with Crippen LogP contribution < -0.4 is 21.1 Å². The summed E-state index contributed by atoms with van der Waals surface area (Å²) in [6, 6.07) is 7.63. The summed E-state index contributed by atoms with van der Waals surface area (Å²) in [4.78, 5) is 38.3. The summed E-state index contributed by atoms with van der Waals surface area (Å²) in [5.74, 6) is 0.355. The lowest BCUT2D eigenvalue weighted by atomic mass is 9.86. The van der Waals surface area contributed by atoms with E-state index in [-0.39, 0.29) is 23.1 Å². The normalized spacial score (nSPS) is 22.3.